The van der Waals surface area contributed by atoms with Gasteiger partial charge in [-0.15, -0.1) is 0 Å². The first-order valence-corrected chi connectivity index (χ1v) is 4.80. The van der Waals surface area contributed by atoms with Crippen LogP contribution in [0.15, 0.2) is 12.1 Å². The molecule has 1 unspecified atom stereocenters. The van der Waals surface area contributed by atoms with Crippen molar-refractivity contribution in [2.45, 2.75) is 12.5 Å². The molecule has 2 rings (SSSR count). The highest BCUT2D eigenvalue weighted by molar-refractivity contribution is 5.99. The van der Waals surface area contributed by atoms with Crippen molar-refractivity contribution in [2.75, 3.05) is 17.2 Å². The van der Waals surface area contributed by atoms with Gasteiger partial charge in [-0.1, -0.05) is 0 Å². The second-order valence-electron chi connectivity index (χ2n) is 3.77. The molecule has 86 valence electrons. The van der Waals surface area contributed by atoms with E-state index in [0.29, 0.717) is 0 Å². The molecule has 4 N–H and O–H groups in total. The average Bonchev–Trinajstić information content (AvgIpc) is 2.53. The van der Waals surface area contributed by atoms with Crippen LogP contribution in [0.3, 0.4) is 0 Å². The van der Waals surface area contributed by atoms with E-state index in [2.05, 4.69) is 0 Å². The van der Waals surface area contributed by atoms with Gasteiger partial charge in [0.15, 0.2) is 11.6 Å². The summed E-state index contributed by atoms with van der Waals surface area (Å²) in [4.78, 5) is 12.6. The molecular formula is C10H11F2N3O. The number of hydrogen-bond acceptors (Lipinski definition) is 3. The summed E-state index contributed by atoms with van der Waals surface area (Å²) in [5.41, 5.74) is 10.9. The van der Waals surface area contributed by atoms with Crippen molar-refractivity contribution in [2.24, 2.45) is 5.73 Å². The van der Waals surface area contributed by atoms with Crippen LogP contribution < -0.4 is 16.4 Å². The highest BCUT2D eigenvalue weighted by atomic mass is 19.2. The summed E-state index contributed by atoms with van der Waals surface area (Å²) >= 11 is 0. The van der Waals surface area contributed by atoms with E-state index < -0.39 is 11.6 Å². The predicted molar refractivity (Wildman–Crippen MR) is 55.7 cm³/mol. The Bertz CT molecular complexity index is 450. The first kappa shape index (κ1) is 10.8. The summed E-state index contributed by atoms with van der Waals surface area (Å²) < 4.78 is 26.6. The van der Waals surface area contributed by atoms with Crippen molar-refractivity contribution < 1.29 is 13.6 Å². The topological polar surface area (TPSA) is 72.3 Å². The molecule has 0 saturated carbocycles. The summed E-state index contributed by atoms with van der Waals surface area (Å²) in [6, 6.07) is 1.79. The zero-order valence-electron chi connectivity index (χ0n) is 8.41. The van der Waals surface area contributed by atoms with Gasteiger partial charge in [0.25, 0.3) is 0 Å². The van der Waals surface area contributed by atoms with Crippen LogP contribution in [0.4, 0.5) is 20.2 Å². The molecule has 0 aromatic heterocycles. The maximum Gasteiger partial charge on any atom is 0.228 e. The first-order valence-electron chi connectivity index (χ1n) is 4.80. The third-order valence-electron chi connectivity index (χ3n) is 2.53. The number of nitrogens with two attached hydrogens (primary N) is 2. The average molecular weight is 227 g/mol. The molecule has 1 aliphatic rings. The molecule has 1 aliphatic heterocycles. The van der Waals surface area contributed by atoms with Gasteiger partial charge in [-0.3, -0.25) is 4.79 Å². The van der Waals surface area contributed by atoms with E-state index >= 15 is 0 Å². The molecule has 0 spiro atoms. The van der Waals surface area contributed by atoms with E-state index in [4.69, 9.17) is 11.5 Å². The number of nitrogens with zero attached hydrogens (tertiary/aromatic N) is 1. The quantitative estimate of drug-likeness (QED) is 0.690. The molecule has 1 fully saturated rings. The summed E-state index contributed by atoms with van der Waals surface area (Å²) in [7, 11) is 0. The lowest BCUT2D eigenvalue weighted by molar-refractivity contribution is -0.117. The van der Waals surface area contributed by atoms with E-state index in [1.807, 2.05) is 0 Å². The number of carbonyl (C=O) groups is 1. The van der Waals surface area contributed by atoms with E-state index in [9.17, 15) is 13.6 Å². The minimum atomic E-state index is -1.11. The zero-order chi connectivity index (χ0) is 11.9. The van der Waals surface area contributed by atoms with Crippen molar-refractivity contribution in [3.63, 3.8) is 0 Å². The number of carbonyl (C=O) groups excluding carboxylic acids is 1. The lowest BCUT2D eigenvalue weighted by Crippen LogP contribution is -2.29. The Balaban J connectivity index is 2.48. The van der Waals surface area contributed by atoms with E-state index in [1.54, 1.807) is 0 Å². The smallest absolute Gasteiger partial charge is 0.228 e. The summed E-state index contributed by atoms with van der Waals surface area (Å²) in [6.07, 6.45) is 0.120. The first-order chi connectivity index (χ1) is 7.50. The van der Waals surface area contributed by atoms with Gasteiger partial charge in [0.2, 0.25) is 5.91 Å². The Morgan fingerprint density at radius 1 is 1.38 bits per heavy atom. The molecule has 1 aromatic rings. The largest absolute Gasteiger partial charge is 0.397 e. The van der Waals surface area contributed by atoms with Crippen LogP contribution in [-0.2, 0) is 4.79 Å². The molecule has 6 heteroatoms. The maximum absolute atomic E-state index is 13.5. The number of amides is 1. The van der Waals surface area contributed by atoms with Gasteiger partial charge in [0.05, 0.1) is 5.69 Å². The number of rotatable bonds is 1. The van der Waals surface area contributed by atoms with Crippen molar-refractivity contribution >= 4 is 17.3 Å². The molecule has 1 aromatic carbocycles. The second kappa shape index (κ2) is 3.71. The minimum Gasteiger partial charge on any atom is -0.397 e. The third-order valence-corrected chi connectivity index (χ3v) is 2.53. The molecule has 0 bridgehead atoms. The van der Waals surface area contributed by atoms with Crippen LogP contribution >= 0.6 is 0 Å². The van der Waals surface area contributed by atoms with Gasteiger partial charge < -0.3 is 16.4 Å². The molecule has 16 heavy (non-hydrogen) atoms. The van der Waals surface area contributed by atoms with Crippen LogP contribution in [-0.4, -0.2) is 18.5 Å². The van der Waals surface area contributed by atoms with E-state index in [1.165, 1.54) is 6.07 Å². The lowest BCUT2D eigenvalue weighted by atomic mass is 10.2. The SMILES string of the molecule is Nc1ccc(F)c(F)c1N1CC(N)CC1=O. The number of benzene rings is 1. The van der Waals surface area contributed by atoms with Gasteiger partial charge in [-0.25, -0.2) is 8.78 Å². The highest BCUT2D eigenvalue weighted by Crippen LogP contribution is 2.31. The van der Waals surface area contributed by atoms with Crippen molar-refractivity contribution in [3.05, 3.63) is 23.8 Å². The number of hydrogen-bond donors (Lipinski definition) is 2. The molecule has 0 aliphatic carbocycles. The standard InChI is InChI=1S/C10H11F2N3O/c11-6-1-2-7(14)10(9(6)12)15-4-5(13)3-8(15)16/h1-2,5H,3-4,13-14H2. The normalized spacial score (nSPS) is 20.6. The van der Waals surface area contributed by atoms with E-state index in [-0.39, 0.29) is 36.3 Å². The number of anilines is 2. The third kappa shape index (κ3) is 1.61. The fourth-order valence-electron chi connectivity index (χ4n) is 1.78. The number of nitrogen functional groups attached to an aromatic ring is 1. The van der Waals surface area contributed by atoms with Crippen molar-refractivity contribution in [3.8, 4) is 0 Å². The summed E-state index contributed by atoms with van der Waals surface area (Å²) in [5, 5.41) is 0. The molecular weight excluding hydrogens is 216 g/mol. The zero-order valence-corrected chi connectivity index (χ0v) is 8.41. The van der Waals surface area contributed by atoms with Crippen LogP contribution in [0.1, 0.15) is 6.42 Å². The van der Waals surface area contributed by atoms with Crippen molar-refractivity contribution in [1.82, 2.24) is 0 Å². The monoisotopic (exact) mass is 227 g/mol. The van der Waals surface area contributed by atoms with Crippen LogP contribution in [0.5, 0.6) is 0 Å². The molecule has 1 atom stereocenters. The Morgan fingerprint density at radius 2 is 2.06 bits per heavy atom. The highest BCUT2D eigenvalue weighted by Gasteiger charge is 2.32. The molecule has 1 heterocycles. The fraction of sp³-hybridized carbons (Fsp3) is 0.300. The van der Waals surface area contributed by atoms with Gasteiger partial charge in [0.1, 0.15) is 5.69 Å². The van der Waals surface area contributed by atoms with Gasteiger partial charge >= 0.3 is 0 Å². The number of halogens is 2. The predicted octanol–water partition coefficient (Wildman–Crippen LogP) is 0.611. The van der Waals surface area contributed by atoms with Crippen LogP contribution in [0, 0.1) is 11.6 Å². The molecule has 1 amide bonds. The molecule has 1 saturated heterocycles. The Labute approximate surface area is 90.8 Å². The summed E-state index contributed by atoms with van der Waals surface area (Å²) in [5.74, 6) is -2.48. The Kier molecular flexibility index (Phi) is 2.51. The maximum atomic E-state index is 13.5. The summed E-state index contributed by atoms with van der Waals surface area (Å²) in [6.45, 7) is 0.156. The van der Waals surface area contributed by atoms with Crippen LogP contribution in [0.2, 0.25) is 0 Å². The molecule has 4 nitrogen and oxygen atoms in total. The van der Waals surface area contributed by atoms with Crippen molar-refractivity contribution in [1.29, 1.82) is 0 Å². The minimum absolute atomic E-state index is 0.0290. The fourth-order valence-corrected chi connectivity index (χ4v) is 1.78. The Hall–Kier alpha value is -1.69. The van der Waals surface area contributed by atoms with E-state index in [0.717, 1.165) is 11.0 Å². The van der Waals surface area contributed by atoms with Gasteiger partial charge in [0, 0.05) is 19.0 Å². The van der Waals surface area contributed by atoms with Gasteiger partial charge in [-0.2, -0.15) is 0 Å². The van der Waals surface area contributed by atoms with Gasteiger partial charge in [-0.05, 0) is 12.1 Å². The second-order valence-corrected chi connectivity index (χ2v) is 3.77. The lowest BCUT2D eigenvalue weighted by Gasteiger charge is -2.19. The van der Waals surface area contributed by atoms with Crippen LogP contribution in [0.25, 0.3) is 0 Å². The Morgan fingerprint density at radius 3 is 2.62 bits per heavy atom. The molecule has 0 radical (unpaired) electrons.